The number of amides is 1. The molecule has 184 valence electrons. The maximum Gasteiger partial charge on any atom is 0.416 e. The van der Waals surface area contributed by atoms with Crippen molar-refractivity contribution >= 4 is 29.8 Å². The number of hydrogen-bond acceptors (Lipinski definition) is 2. The molecule has 4 rings (SSSR count). The zero-order valence-corrected chi connectivity index (χ0v) is 20.9. The molecule has 1 heterocycles. The van der Waals surface area contributed by atoms with E-state index in [-0.39, 0.29) is 5.91 Å². The van der Waals surface area contributed by atoms with Crippen molar-refractivity contribution in [1.29, 1.82) is 0 Å². The molecule has 3 nitrogen and oxygen atoms in total. The largest absolute Gasteiger partial charge is 0.416 e. The number of fused-ring (bicyclic) bond motifs is 1. The Morgan fingerprint density at radius 3 is 2.37 bits per heavy atom. The number of rotatable bonds is 7. The minimum absolute atomic E-state index is 0.0282. The zero-order chi connectivity index (χ0) is 25.2. The number of hydrogen-bond donors (Lipinski definition) is 1. The van der Waals surface area contributed by atoms with E-state index in [9.17, 15) is 18.0 Å². The molecule has 1 aliphatic carbocycles. The Balaban J connectivity index is 1.48. The number of carbonyl (C=O) groups excluding carboxylic acids is 1. The minimum Gasteiger partial charge on any atom is -0.351 e. The molecule has 0 saturated carbocycles. The van der Waals surface area contributed by atoms with Gasteiger partial charge in [0.1, 0.15) is 0 Å². The summed E-state index contributed by atoms with van der Waals surface area (Å²) in [4.78, 5) is 14.3. The van der Waals surface area contributed by atoms with Crippen LogP contribution < -0.4 is 15.9 Å². The van der Waals surface area contributed by atoms with Gasteiger partial charge < -0.3 is 9.88 Å². The summed E-state index contributed by atoms with van der Waals surface area (Å²) in [6, 6.07) is 15.5. The predicted molar refractivity (Wildman–Crippen MR) is 135 cm³/mol. The molecule has 0 spiro atoms. The van der Waals surface area contributed by atoms with Crippen LogP contribution in [0.4, 0.5) is 13.2 Å². The summed E-state index contributed by atoms with van der Waals surface area (Å²) >= 11 is 1.79. The zero-order valence-electron chi connectivity index (χ0n) is 20.1. The third-order valence-corrected chi connectivity index (χ3v) is 7.37. The maximum atomic E-state index is 13.1. The summed E-state index contributed by atoms with van der Waals surface area (Å²) in [5.74, 6) is 0.994. The van der Waals surface area contributed by atoms with Crippen molar-refractivity contribution in [2.75, 3.05) is 5.75 Å². The van der Waals surface area contributed by atoms with E-state index in [2.05, 4.69) is 35.0 Å². The molecular weight excluding hydrogens is 469 g/mol. The summed E-state index contributed by atoms with van der Waals surface area (Å²) in [5.41, 5.74) is 1.53. The van der Waals surface area contributed by atoms with Crippen molar-refractivity contribution in [2.45, 2.75) is 44.3 Å². The van der Waals surface area contributed by atoms with Crippen LogP contribution in [-0.4, -0.2) is 16.2 Å². The van der Waals surface area contributed by atoms with E-state index in [1.165, 1.54) is 17.0 Å². The predicted octanol–water partition coefficient (Wildman–Crippen LogP) is 5.03. The second kappa shape index (κ2) is 9.97. The van der Waals surface area contributed by atoms with Crippen LogP contribution in [0.1, 0.15) is 42.7 Å². The van der Waals surface area contributed by atoms with Crippen LogP contribution >= 0.6 is 11.8 Å². The van der Waals surface area contributed by atoms with E-state index in [0.29, 0.717) is 19.4 Å². The van der Waals surface area contributed by atoms with Crippen molar-refractivity contribution in [1.82, 2.24) is 9.88 Å². The van der Waals surface area contributed by atoms with Crippen molar-refractivity contribution in [3.05, 3.63) is 87.5 Å². The van der Waals surface area contributed by atoms with E-state index in [1.807, 2.05) is 38.2 Å². The molecule has 7 heteroatoms. The number of carbonyl (C=O) groups is 1. The van der Waals surface area contributed by atoms with Gasteiger partial charge in [0, 0.05) is 36.0 Å². The summed E-state index contributed by atoms with van der Waals surface area (Å²) < 4.78 is 40.6. The van der Waals surface area contributed by atoms with Crippen LogP contribution in [0.3, 0.4) is 0 Å². The second-order valence-electron chi connectivity index (χ2n) is 9.14. The lowest BCUT2D eigenvalue weighted by molar-refractivity contribution is -0.137. The Morgan fingerprint density at radius 1 is 1.09 bits per heavy atom. The molecule has 0 saturated heterocycles. The van der Waals surface area contributed by atoms with E-state index in [1.54, 1.807) is 11.8 Å². The van der Waals surface area contributed by atoms with Gasteiger partial charge in [0.05, 0.1) is 11.0 Å². The maximum absolute atomic E-state index is 13.1. The van der Waals surface area contributed by atoms with Gasteiger partial charge in [-0.3, -0.25) is 4.79 Å². The van der Waals surface area contributed by atoms with Crippen LogP contribution in [0.15, 0.2) is 59.5 Å². The van der Waals surface area contributed by atoms with Crippen molar-refractivity contribution in [2.24, 2.45) is 12.5 Å². The first-order valence-electron chi connectivity index (χ1n) is 11.6. The third kappa shape index (κ3) is 5.67. The van der Waals surface area contributed by atoms with E-state index in [0.717, 1.165) is 45.3 Å². The normalized spacial score (nSPS) is 17.3. The molecule has 1 aliphatic rings. The molecular formula is C28H29F3N2OS. The highest BCUT2D eigenvalue weighted by Crippen LogP contribution is 2.30. The Bertz CT molecular complexity index is 1320. The van der Waals surface area contributed by atoms with Crippen LogP contribution in [-0.2, 0) is 31.0 Å². The SMILES string of the molecule is CCSc1ccc(CNC(=O)C2(C)C=c3cc(Cc4ccc(C(F)(F)F)cc4)n(C)c3=CC2)cc1. The van der Waals surface area contributed by atoms with Gasteiger partial charge in [-0.1, -0.05) is 43.3 Å². The molecule has 0 radical (unpaired) electrons. The third-order valence-electron chi connectivity index (χ3n) is 6.48. The summed E-state index contributed by atoms with van der Waals surface area (Å²) in [7, 11) is 1.95. The molecule has 2 aromatic carbocycles. The van der Waals surface area contributed by atoms with Gasteiger partial charge in [-0.15, -0.1) is 11.8 Å². The van der Waals surface area contributed by atoms with Gasteiger partial charge in [-0.05, 0) is 65.8 Å². The molecule has 1 aromatic heterocycles. The van der Waals surface area contributed by atoms with E-state index in [4.69, 9.17) is 0 Å². The molecule has 1 unspecified atom stereocenters. The number of nitrogens with one attached hydrogen (secondary N) is 1. The van der Waals surface area contributed by atoms with Crippen molar-refractivity contribution < 1.29 is 18.0 Å². The number of halogens is 3. The monoisotopic (exact) mass is 498 g/mol. The lowest BCUT2D eigenvalue weighted by Gasteiger charge is -2.25. The quantitative estimate of drug-likeness (QED) is 0.464. The molecule has 3 aromatic rings. The molecule has 0 fully saturated rings. The molecule has 1 atom stereocenters. The standard InChI is InChI=1S/C28H29F3N2OS/c1-4-35-24-11-7-20(8-12-24)18-32-26(34)27(2)14-13-25-21(17-27)16-23(33(25)3)15-19-5-9-22(10-6-19)28(29,30)31/h5-13,16-17H,4,14-15,18H2,1-3H3,(H,32,34). The Morgan fingerprint density at radius 2 is 1.74 bits per heavy atom. The van der Waals surface area contributed by atoms with E-state index >= 15 is 0 Å². The van der Waals surface area contributed by atoms with Gasteiger partial charge in [0.2, 0.25) is 5.91 Å². The summed E-state index contributed by atoms with van der Waals surface area (Å²) in [6.45, 7) is 4.53. The Hall–Kier alpha value is -2.93. The first-order chi connectivity index (χ1) is 16.6. The molecule has 0 bridgehead atoms. The topological polar surface area (TPSA) is 34.0 Å². The number of thioether (sulfide) groups is 1. The molecule has 0 aliphatic heterocycles. The van der Waals surface area contributed by atoms with Crippen LogP contribution in [0.5, 0.6) is 0 Å². The minimum atomic E-state index is -4.34. The fraction of sp³-hybridized carbons (Fsp3) is 0.321. The Kier molecular flexibility index (Phi) is 7.17. The van der Waals surface area contributed by atoms with Gasteiger partial charge in [-0.2, -0.15) is 13.2 Å². The lowest BCUT2D eigenvalue weighted by Crippen LogP contribution is -2.43. The van der Waals surface area contributed by atoms with Crippen molar-refractivity contribution in [3.63, 3.8) is 0 Å². The summed E-state index contributed by atoms with van der Waals surface area (Å²) in [5, 5.41) is 5.07. The molecule has 1 amide bonds. The highest BCUT2D eigenvalue weighted by Gasteiger charge is 2.32. The first kappa shape index (κ1) is 25.2. The number of nitrogens with zero attached hydrogens (tertiary/aromatic N) is 1. The second-order valence-corrected chi connectivity index (χ2v) is 10.5. The fourth-order valence-corrected chi connectivity index (χ4v) is 5.04. The first-order valence-corrected chi connectivity index (χ1v) is 12.6. The van der Waals surface area contributed by atoms with Crippen LogP contribution in [0.25, 0.3) is 12.2 Å². The fourth-order valence-electron chi connectivity index (χ4n) is 4.38. The van der Waals surface area contributed by atoms with Crippen LogP contribution in [0, 0.1) is 5.41 Å². The van der Waals surface area contributed by atoms with Crippen molar-refractivity contribution in [3.8, 4) is 0 Å². The molecule has 35 heavy (non-hydrogen) atoms. The van der Waals surface area contributed by atoms with E-state index < -0.39 is 17.2 Å². The lowest BCUT2D eigenvalue weighted by atomic mass is 9.82. The average molecular weight is 499 g/mol. The van der Waals surface area contributed by atoms with Gasteiger partial charge in [-0.25, -0.2) is 0 Å². The highest BCUT2D eigenvalue weighted by atomic mass is 32.2. The average Bonchev–Trinajstić information content (AvgIpc) is 3.12. The number of aromatic nitrogens is 1. The summed E-state index contributed by atoms with van der Waals surface area (Å²) in [6.07, 6.45) is 0.833. The number of alkyl halides is 3. The number of benzene rings is 2. The van der Waals surface area contributed by atoms with Gasteiger partial charge >= 0.3 is 6.18 Å². The van der Waals surface area contributed by atoms with Gasteiger partial charge in [0.25, 0.3) is 0 Å². The van der Waals surface area contributed by atoms with Crippen LogP contribution in [0.2, 0.25) is 0 Å². The highest BCUT2D eigenvalue weighted by molar-refractivity contribution is 7.99. The molecule has 1 N–H and O–H groups in total. The smallest absolute Gasteiger partial charge is 0.351 e. The Labute approximate surface area is 207 Å². The van der Waals surface area contributed by atoms with Gasteiger partial charge in [0.15, 0.2) is 0 Å².